The van der Waals surface area contributed by atoms with E-state index in [1.54, 1.807) is 0 Å². The Morgan fingerprint density at radius 1 is 0.333 bits per heavy atom. The van der Waals surface area contributed by atoms with Gasteiger partial charge < -0.3 is 13.4 Å². The molecule has 0 atom stereocenters. The molecule has 0 aliphatic rings. The first-order chi connectivity index (χ1) is 28.2. The summed E-state index contributed by atoms with van der Waals surface area (Å²) in [6, 6.07) is 62.8. The number of rotatable bonds is 5. The minimum Gasteiger partial charge on any atom is -0.456 e. The van der Waals surface area contributed by atoms with E-state index in [0.717, 1.165) is 77.4 Å². The van der Waals surface area contributed by atoms with E-state index < -0.39 is 0 Å². The van der Waals surface area contributed by atoms with Crippen LogP contribution < -0.4 is 0 Å². The SMILES string of the molecule is c1ccc(-c2nc(-c3ccccc3)nc(-c3cccc4oc5cc6oc7ccc(-c8ccc9c(c8)c8ccccc8n9-c8ccccc8)cc7c6cc5c34)n2)cc1. The molecule has 0 aliphatic carbocycles. The largest absolute Gasteiger partial charge is 0.456 e. The third-order valence-corrected chi connectivity index (χ3v) is 11.0. The van der Waals surface area contributed by atoms with Crippen LogP contribution in [0.15, 0.2) is 191 Å². The summed E-state index contributed by atoms with van der Waals surface area (Å²) in [6.45, 7) is 0. The lowest BCUT2D eigenvalue weighted by Crippen LogP contribution is -2.00. The van der Waals surface area contributed by atoms with Crippen LogP contribution in [0, 0.1) is 0 Å². The fraction of sp³-hybridized carbons (Fsp3) is 0. The van der Waals surface area contributed by atoms with Crippen LogP contribution in [0.1, 0.15) is 0 Å². The van der Waals surface area contributed by atoms with Gasteiger partial charge in [-0.05, 0) is 65.7 Å². The Labute approximate surface area is 325 Å². The molecule has 12 aromatic rings. The molecule has 12 rings (SSSR count). The van der Waals surface area contributed by atoms with Crippen LogP contribution in [0.2, 0.25) is 0 Å². The lowest BCUT2D eigenvalue weighted by Gasteiger charge is -2.09. The maximum Gasteiger partial charge on any atom is 0.164 e. The van der Waals surface area contributed by atoms with Crippen LogP contribution in [0.5, 0.6) is 0 Å². The molecular weight excluding hydrogens is 701 g/mol. The van der Waals surface area contributed by atoms with E-state index in [-0.39, 0.29) is 0 Å². The zero-order valence-electron chi connectivity index (χ0n) is 30.4. The molecular formula is C51H30N4O2. The monoisotopic (exact) mass is 730 g/mol. The highest BCUT2D eigenvalue weighted by atomic mass is 16.3. The van der Waals surface area contributed by atoms with E-state index >= 15 is 0 Å². The van der Waals surface area contributed by atoms with Crippen molar-refractivity contribution in [1.29, 1.82) is 0 Å². The second-order valence-electron chi connectivity index (χ2n) is 14.4. The number of hydrogen-bond acceptors (Lipinski definition) is 5. The van der Waals surface area contributed by atoms with E-state index in [1.165, 1.54) is 21.8 Å². The average Bonchev–Trinajstić information content (AvgIpc) is 3.94. The molecule has 0 N–H and O–H groups in total. The molecule has 0 bridgehead atoms. The number of para-hydroxylation sites is 2. The standard InChI is InChI=1S/C51H30N4O2/c1-4-13-31(14-5-1)49-52-50(32-15-6-2-7-16-32)54-51(53-49)37-20-12-22-45-48(37)41-29-40-39-28-34(24-26-44(39)56-46(40)30-47(41)57-45)33-23-25-43-38(27-33)36-19-10-11-21-42(36)55(43)35-17-8-3-9-18-35/h1-30H. The molecule has 0 spiro atoms. The average molecular weight is 731 g/mol. The zero-order valence-corrected chi connectivity index (χ0v) is 30.4. The fourth-order valence-corrected chi connectivity index (χ4v) is 8.40. The second-order valence-corrected chi connectivity index (χ2v) is 14.4. The summed E-state index contributed by atoms with van der Waals surface area (Å²) < 4.78 is 15.3. The number of furan rings is 2. The molecule has 4 aromatic heterocycles. The number of aromatic nitrogens is 4. The predicted octanol–water partition coefficient (Wildman–Crippen LogP) is 13.4. The van der Waals surface area contributed by atoms with Crippen molar-refractivity contribution < 1.29 is 8.83 Å². The van der Waals surface area contributed by atoms with Gasteiger partial charge in [0.25, 0.3) is 0 Å². The van der Waals surface area contributed by atoms with Gasteiger partial charge >= 0.3 is 0 Å². The van der Waals surface area contributed by atoms with Crippen LogP contribution >= 0.6 is 0 Å². The van der Waals surface area contributed by atoms with Crippen molar-refractivity contribution in [3.8, 4) is 51.0 Å². The topological polar surface area (TPSA) is 69.9 Å². The van der Waals surface area contributed by atoms with Gasteiger partial charge in [-0.25, -0.2) is 15.0 Å². The van der Waals surface area contributed by atoms with E-state index in [0.29, 0.717) is 17.5 Å². The van der Waals surface area contributed by atoms with Crippen molar-refractivity contribution in [2.24, 2.45) is 0 Å². The first kappa shape index (κ1) is 31.5. The number of benzene rings is 8. The maximum absolute atomic E-state index is 6.52. The molecule has 0 amide bonds. The molecule has 0 saturated carbocycles. The second kappa shape index (κ2) is 12.3. The third kappa shape index (κ3) is 5.01. The molecule has 0 unspecified atom stereocenters. The first-order valence-corrected chi connectivity index (χ1v) is 19.0. The van der Waals surface area contributed by atoms with Crippen molar-refractivity contribution in [3.05, 3.63) is 182 Å². The van der Waals surface area contributed by atoms with Gasteiger partial charge in [-0.3, -0.25) is 0 Å². The Morgan fingerprint density at radius 2 is 0.912 bits per heavy atom. The molecule has 266 valence electrons. The van der Waals surface area contributed by atoms with Crippen molar-refractivity contribution >= 4 is 65.7 Å². The van der Waals surface area contributed by atoms with E-state index in [4.69, 9.17) is 23.8 Å². The summed E-state index contributed by atoms with van der Waals surface area (Å²) in [5.41, 5.74) is 11.6. The fourth-order valence-electron chi connectivity index (χ4n) is 8.40. The molecule has 0 radical (unpaired) electrons. The summed E-state index contributed by atoms with van der Waals surface area (Å²) in [6.07, 6.45) is 0. The van der Waals surface area contributed by atoms with Gasteiger partial charge in [0.05, 0.1) is 11.0 Å². The van der Waals surface area contributed by atoms with E-state index in [9.17, 15) is 0 Å². The van der Waals surface area contributed by atoms with Gasteiger partial charge in [0.15, 0.2) is 17.5 Å². The van der Waals surface area contributed by atoms with Crippen LogP contribution in [0.3, 0.4) is 0 Å². The van der Waals surface area contributed by atoms with Gasteiger partial charge in [0, 0.05) is 60.8 Å². The van der Waals surface area contributed by atoms with Crippen molar-refractivity contribution in [2.45, 2.75) is 0 Å². The molecule has 57 heavy (non-hydrogen) atoms. The quantitative estimate of drug-likeness (QED) is 0.176. The molecule has 4 heterocycles. The Hall–Kier alpha value is -7.83. The Kier molecular flexibility index (Phi) is 6.83. The van der Waals surface area contributed by atoms with Gasteiger partial charge in [-0.2, -0.15) is 0 Å². The minimum absolute atomic E-state index is 0.583. The molecule has 6 heteroatoms. The summed E-state index contributed by atoms with van der Waals surface area (Å²) in [4.78, 5) is 15.0. The van der Waals surface area contributed by atoms with Gasteiger partial charge in [-0.1, -0.05) is 121 Å². The Morgan fingerprint density at radius 3 is 1.67 bits per heavy atom. The molecule has 0 fully saturated rings. The Balaban J connectivity index is 1.03. The highest BCUT2D eigenvalue weighted by Gasteiger charge is 2.20. The lowest BCUT2D eigenvalue weighted by atomic mass is 9.99. The number of nitrogens with zero attached hydrogens (tertiary/aromatic N) is 4. The highest BCUT2D eigenvalue weighted by Crippen LogP contribution is 2.42. The summed E-state index contributed by atoms with van der Waals surface area (Å²) in [7, 11) is 0. The normalized spacial score (nSPS) is 11.9. The predicted molar refractivity (Wildman–Crippen MR) is 230 cm³/mol. The van der Waals surface area contributed by atoms with Crippen molar-refractivity contribution in [1.82, 2.24) is 19.5 Å². The smallest absolute Gasteiger partial charge is 0.164 e. The van der Waals surface area contributed by atoms with Crippen LogP contribution in [0.25, 0.3) is 117 Å². The summed E-state index contributed by atoms with van der Waals surface area (Å²) in [5, 5.41) is 6.42. The van der Waals surface area contributed by atoms with Gasteiger partial charge in [0.2, 0.25) is 0 Å². The molecule has 0 saturated heterocycles. The zero-order chi connectivity index (χ0) is 37.5. The van der Waals surface area contributed by atoms with Crippen LogP contribution in [-0.4, -0.2) is 19.5 Å². The highest BCUT2D eigenvalue weighted by molar-refractivity contribution is 6.18. The molecule has 6 nitrogen and oxygen atoms in total. The first-order valence-electron chi connectivity index (χ1n) is 19.0. The third-order valence-electron chi connectivity index (χ3n) is 11.0. The lowest BCUT2D eigenvalue weighted by molar-refractivity contribution is 0.656. The Bertz CT molecular complexity index is 3450. The minimum atomic E-state index is 0.583. The van der Waals surface area contributed by atoms with Crippen LogP contribution in [-0.2, 0) is 0 Å². The van der Waals surface area contributed by atoms with Crippen molar-refractivity contribution in [3.63, 3.8) is 0 Å². The molecule has 0 aliphatic heterocycles. The van der Waals surface area contributed by atoms with Gasteiger partial charge in [-0.15, -0.1) is 0 Å². The summed E-state index contributed by atoms with van der Waals surface area (Å²) in [5.74, 6) is 1.81. The number of hydrogen-bond donors (Lipinski definition) is 0. The van der Waals surface area contributed by atoms with Crippen LogP contribution in [0.4, 0.5) is 0 Å². The van der Waals surface area contributed by atoms with E-state index in [1.807, 2.05) is 78.9 Å². The number of fused-ring (bicyclic) bond motifs is 9. The van der Waals surface area contributed by atoms with Gasteiger partial charge in [0.1, 0.15) is 22.3 Å². The molecule has 8 aromatic carbocycles. The van der Waals surface area contributed by atoms with Crippen molar-refractivity contribution in [2.75, 3.05) is 0 Å². The summed E-state index contributed by atoms with van der Waals surface area (Å²) >= 11 is 0. The maximum atomic E-state index is 6.52. The van der Waals surface area contributed by atoms with E-state index in [2.05, 4.69) is 108 Å².